The van der Waals surface area contributed by atoms with E-state index in [0.29, 0.717) is 28.3 Å². The lowest BCUT2D eigenvalue weighted by Crippen LogP contribution is -2.41. The Morgan fingerprint density at radius 2 is 2.16 bits per heavy atom. The second-order valence-electron chi connectivity index (χ2n) is 5.20. The van der Waals surface area contributed by atoms with Crippen LogP contribution in [0.4, 0.5) is 0 Å². The van der Waals surface area contributed by atoms with Crippen LogP contribution in [-0.4, -0.2) is 24.4 Å². The minimum atomic E-state index is 0.0497. The number of aliphatic hydroxyl groups is 1. The van der Waals surface area contributed by atoms with E-state index in [1.54, 1.807) is 6.07 Å². The zero-order valence-electron chi connectivity index (χ0n) is 11.1. The van der Waals surface area contributed by atoms with Crippen molar-refractivity contribution in [1.82, 2.24) is 5.32 Å². The molecule has 0 aliphatic carbocycles. The van der Waals surface area contributed by atoms with Gasteiger partial charge in [0.15, 0.2) is 0 Å². The van der Waals surface area contributed by atoms with Gasteiger partial charge in [0.05, 0.1) is 18.2 Å². The maximum atomic E-state index is 9.44. The number of aliphatic hydroxyl groups excluding tert-OH is 1. The Hall–Kier alpha value is -0.480. The Labute approximate surface area is 123 Å². The second-order valence-corrected chi connectivity index (χ2v) is 6.04. The molecule has 106 valence electrons. The van der Waals surface area contributed by atoms with Crippen LogP contribution in [0.15, 0.2) is 12.1 Å². The van der Waals surface area contributed by atoms with Crippen LogP contribution < -0.4 is 10.1 Å². The van der Waals surface area contributed by atoms with Crippen molar-refractivity contribution in [2.24, 2.45) is 5.92 Å². The first-order chi connectivity index (χ1) is 9.02. The predicted molar refractivity (Wildman–Crippen MR) is 78.2 cm³/mol. The van der Waals surface area contributed by atoms with Gasteiger partial charge in [0.25, 0.3) is 0 Å². The molecule has 2 unspecified atom stereocenters. The average molecular weight is 304 g/mol. The standard InChI is InChI=1S/C14H19Cl2NO2/c1-8(2)13(7-18)17-12-3-4-19-14-10(12)5-9(15)6-11(14)16/h5-6,8,12-13,17-18H,3-4,7H2,1-2H3. The van der Waals surface area contributed by atoms with E-state index in [1.165, 1.54) is 0 Å². The van der Waals surface area contributed by atoms with Crippen molar-refractivity contribution < 1.29 is 9.84 Å². The number of halogens is 2. The van der Waals surface area contributed by atoms with E-state index < -0.39 is 0 Å². The fourth-order valence-electron chi connectivity index (χ4n) is 2.31. The van der Waals surface area contributed by atoms with Crippen LogP contribution in [0.25, 0.3) is 0 Å². The van der Waals surface area contributed by atoms with E-state index in [2.05, 4.69) is 19.2 Å². The van der Waals surface area contributed by atoms with Gasteiger partial charge in [0.2, 0.25) is 0 Å². The lowest BCUT2D eigenvalue weighted by molar-refractivity contribution is 0.179. The van der Waals surface area contributed by atoms with E-state index in [1.807, 2.05) is 6.07 Å². The molecule has 1 aliphatic rings. The molecule has 0 fully saturated rings. The quantitative estimate of drug-likeness (QED) is 0.895. The number of fused-ring (bicyclic) bond motifs is 1. The normalized spacial score (nSPS) is 20.0. The summed E-state index contributed by atoms with van der Waals surface area (Å²) < 4.78 is 5.62. The molecule has 0 saturated carbocycles. The molecular weight excluding hydrogens is 285 g/mol. The molecule has 0 spiro atoms. The van der Waals surface area contributed by atoms with Crippen LogP contribution in [0.3, 0.4) is 0 Å². The Bertz CT molecular complexity index is 451. The van der Waals surface area contributed by atoms with Gasteiger partial charge in [0.1, 0.15) is 5.75 Å². The molecule has 0 aromatic heterocycles. The molecule has 2 N–H and O–H groups in total. The summed E-state index contributed by atoms with van der Waals surface area (Å²) in [7, 11) is 0. The van der Waals surface area contributed by atoms with Crippen LogP contribution in [0.2, 0.25) is 10.0 Å². The molecule has 1 aliphatic heterocycles. The average Bonchev–Trinajstić information content (AvgIpc) is 2.35. The minimum Gasteiger partial charge on any atom is -0.492 e. The summed E-state index contributed by atoms with van der Waals surface area (Å²) in [6.07, 6.45) is 0.840. The first-order valence-corrected chi connectivity index (χ1v) is 7.27. The highest BCUT2D eigenvalue weighted by Crippen LogP contribution is 2.40. The molecule has 2 rings (SSSR count). The molecule has 3 nitrogen and oxygen atoms in total. The fraction of sp³-hybridized carbons (Fsp3) is 0.571. The smallest absolute Gasteiger partial charge is 0.142 e. The first-order valence-electron chi connectivity index (χ1n) is 6.51. The van der Waals surface area contributed by atoms with E-state index >= 15 is 0 Å². The van der Waals surface area contributed by atoms with Gasteiger partial charge in [-0.25, -0.2) is 0 Å². The van der Waals surface area contributed by atoms with E-state index in [0.717, 1.165) is 12.0 Å². The number of hydrogen-bond donors (Lipinski definition) is 2. The van der Waals surface area contributed by atoms with Gasteiger partial charge in [-0.15, -0.1) is 0 Å². The van der Waals surface area contributed by atoms with Crippen LogP contribution in [0.1, 0.15) is 31.9 Å². The molecule has 1 heterocycles. The lowest BCUT2D eigenvalue weighted by Gasteiger charge is -2.32. The van der Waals surface area contributed by atoms with Crippen molar-refractivity contribution >= 4 is 23.2 Å². The zero-order valence-corrected chi connectivity index (χ0v) is 12.6. The summed E-state index contributed by atoms with van der Waals surface area (Å²) in [5, 5.41) is 14.1. The monoisotopic (exact) mass is 303 g/mol. The van der Waals surface area contributed by atoms with Crippen LogP contribution in [0.5, 0.6) is 5.75 Å². The van der Waals surface area contributed by atoms with Gasteiger partial charge in [-0.3, -0.25) is 0 Å². The SMILES string of the molecule is CC(C)C(CO)NC1CCOc2c(Cl)cc(Cl)cc21. The summed E-state index contributed by atoms with van der Waals surface area (Å²) in [6, 6.07) is 3.73. The number of benzene rings is 1. The van der Waals surface area contributed by atoms with Crippen molar-refractivity contribution in [1.29, 1.82) is 0 Å². The Morgan fingerprint density at radius 3 is 2.79 bits per heavy atom. The van der Waals surface area contributed by atoms with Crippen LogP contribution >= 0.6 is 23.2 Å². The lowest BCUT2D eigenvalue weighted by atomic mass is 9.97. The van der Waals surface area contributed by atoms with Crippen molar-refractivity contribution in [3.05, 3.63) is 27.7 Å². The Balaban J connectivity index is 2.26. The highest BCUT2D eigenvalue weighted by Gasteiger charge is 2.26. The number of rotatable bonds is 4. The first kappa shape index (κ1) is 14.9. The van der Waals surface area contributed by atoms with Crippen molar-refractivity contribution in [3.8, 4) is 5.75 Å². The van der Waals surface area contributed by atoms with Gasteiger partial charge >= 0.3 is 0 Å². The Kier molecular flexibility index (Phi) is 4.96. The topological polar surface area (TPSA) is 41.5 Å². The summed E-state index contributed by atoms with van der Waals surface area (Å²) in [5.41, 5.74) is 0.975. The van der Waals surface area contributed by atoms with Crippen molar-refractivity contribution in [3.63, 3.8) is 0 Å². The molecular formula is C14H19Cl2NO2. The number of hydrogen-bond acceptors (Lipinski definition) is 3. The third-order valence-corrected chi connectivity index (χ3v) is 3.98. The third kappa shape index (κ3) is 3.34. The van der Waals surface area contributed by atoms with Gasteiger partial charge in [0, 0.05) is 29.1 Å². The second kappa shape index (κ2) is 6.31. The predicted octanol–water partition coefficient (Wildman–Crippen LogP) is 3.42. The Morgan fingerprint density at radius 1 is 1.42 bits per heavy atom. The fourth-order valence-corrected chi connectivity index (χ4v) is 2.88. The van der Waals surface area contributed by atoms with Gasteiger partial charge in [-0.2, -0.15) is 0 Å². The maximum Gasteiger partial charge on any atom is 0.142 e. The number of ether oxygens (including phenoxy) is 1. The molecule has 2 atom stereocenters. The van der Waals surface area contributed by atoms with E-state index in [9.17, 15) is 5.11 Å². The molecule has 1 aromatic rings. The van der Waals surface area contributed by atoms with Crippen molar-refractivity contribution in [2.45, 2.75) is 32.4 Å². The molecule has 0 radical (unpaired) electrons. The van der Waals surface area contributed by atoms with Gasteiger partial charge in [-0.05, 0) is 18.1 Å². The molecule has 0 amide bonds. The largest absolute Gasteiger partial charge is 0.492 e. The molecule has 0 bridgehead atoms. The summed E-state index contributed by atoms with van der Waals surface area (Å²) in [5.74, 6) is 1.06. The summed E-state index contributed by atoms with van der Waals surface area (Å²) in [4.78, 5) is 0. The van der Waals surface area contributed by atoms with Crippen molar-refractivity contribution in [2.75, 3.05) is 13.2 Å². The van der Waals surface area contributed by atoms with Crippen LogP contribution in [-0.2, 0) is 0 Å². The maximum absolute atomic E-state index is 9.44. The molecule has 5 heteroatoms. The molecule has 1 aromatic carbocycles. The molecule has 19 heavy (non-hydrogen) atoms. The number of nitrogens with one attached hydrogen (secondary N) is 1. The summed E-state index contributed by atoms with van der Waals surface area (Å²) in [6.45, 7) is 4.89. The third-order valence-electron chi connectivity index (χ3n) is 3.48. The highest BCUT2D eigenvalue weighted by atomic mass is 35.5. The zero-order chi connectivity index (χ0) is 14.0. The minimum absolute atomic E-state index is 0.0497. The summed E-state index contributed by atoms with van der Waals surface area (Å²) >= 11 is 12.2. The molecule has 0 saturated heterocycles. The highest BCUT2D eigenvalue weighted by molar-refractivity contribution is 6.35. The van der Waals surface area contributed by atoms with E-state index in [-0.39, 0.29) is 18.7 Å². The van der Waals surface area contributed by atoms with E-state index in [4.69, 9.17) is 27.9 Å². The van der Waals surface area contributed by atoms with Gasteiger partial charge in [-0.1, -0.05) is 37.0 Å². The van der Waals surface area contributed by atoms with Crippen LogP contribution in [0, 0.1) is 5.92 Å². The van der Waals surface area contributed by atoms with Gasteiger partial charge < -0.3 is 15.2 Å².